The number of hydrogen-bond acceptors (Lipinski definition) is 8. The van der Waals surface area contributed by atoms with Crippen molar-refractivity contribution < 1.29 is 19.0 Å². The number of methoxy groups -OCH3 is 1. The molecule has 2 heterocycles. The number of fused-ring (bicyclic) bond motifs is 1. The van der Waals surface area contributed by atoms with Crippen molar-refractivity contribution in [1.29, 1.82) is 0 Å². The third kappa shape index (κ3) is 7.81. The van der Waals surface area contributed by atoms with E-state index >= 15 is 0 Å². The molecule has 0 bridgehead atoms. The van der Waals surface area contributed by atoms with Gasteiger partial charge in [0.25, 0.3) is 0 Å². The van der Waals surface area contributed by atoms with Gasteiger partial charge >= 0.3 is 5.97 Å². The number of rotatable bonds is 9. The minimum atomic E-state index is -0.603. The maximum Gasteiger partial charge on any atom is 0.328 e. The van der Waals surface area contributed by atoms with E-state index in [0.717, 1.165) is 41.8 Å². The molecule has 0 unspecified atom stereocenters. The zero-order chi connectivity index (χ0) is 28.7. The van der Waals surface area contributed by atoms with Crippen molar-refractivity contribution in [1.82, 2.24) is 14.9 Å². The van der Waals surface area contributed by atoms with E-state index in [0.29, 0.717) is 35.4 Å². The average Bonchev–Trinajstić information content (AvgIpc) is 3.41. The molecule has 40 heavy (non-hydrogen) atoms. The number of hydrogen-bond donors (Lipinski definition) is 2. The predicted octanol–water partition coefficient (Wildman–Crippen LogP) is 4.95. The first-order valence-corrected chi connectivity index (χ1v) is 13.7. The number of carbonyl (C=O) groups excluding carboxylic acids is 1. The van der Waals surface area contributed by atoms with Gasteiger partial charge in [0.05, 0.1) is 12.6 Å². The molecule has 3 aromatic rings. The molecule has 0 radical (unpaired) electrons. The van der Waals surface area contributed by atoms with E-state index < -0.39 is 11.6 Å². The van der Waals surface area contributed by atoms with Gasteiger partial charge in [-0.1, -0.05) is 18.2 Å². The number of aliphatic imine (C=N–C) groups is 1. The summed E-state index contributed by atoms with van der Waals surface area (Å²) in [5.74, 6) is 1.65. The quantitative estimate of drug-likeness (QED) is 0.218. The van der Waals surface area contributed by atoms with Crippen LogP contribution in [0.4, 0.5) is 11.5 Å². The van der Waals surface area contributed by atoms with Gasteiger partial charge in [0.1, 0.15) is 30.9 Å². The third-order valence-electron chi connectivity index (χ3n) is 6.53. The molecule has 2 aromatic carbocycles. The van der Waals surface area contributed by atoms with Crippen LogP contribution in [0.1, 0.15) is 44.7 Å². The van der Waals surface area contributed by atoms with Crippen molar-refractivity contribution in [2.45, 2.75) is 53.1 Å². The van der Waals surface area contributed by atoms with Crippen LogP contribution in [-0.2, 0) is 9.53 Å². The fraction of sp³-hybridized carbons (Fsp3) is 0.467. The lowest BCUT2D eigenvalue weighted by Crippen LogP contribution is -2.28. The van der Waals surface area contributed by atoms with Crippen LogP contribution in [0.3, 0.4) is 0 Å². The molecule has 1 aliphatic rings. The Bertz CT molecular complexity index is 1340. The van der Waals surface area contributed by atoms with E-state index in [-0.39, 0.29) is 6.54 Å². The highest BCUT2D eigenvalue weighted by Gasteiger charge is 2.18. The average molecular weight is 549 g/mol. The topological polar surface area (TPSA) is 110 Å². The second-order valence-electron chi connectivity index (χ2n) is 10.9. The number of esters is 1. The molecule has 214 valence electrons. The van der Waals surface area contributed by atoms with Gasteiger partial charge in [0.2, 0.25) is 5.96 Å². The minimum absolute atomic E-state index is 0.168. The molecular formula is C30H40N6O4. The number of nitrogens with zero attached hydrogens (tertiary/aromatic N) is 4. The molecule has 10 heteroatoms. The highest BCUT2D eigenvalue weighted by Crippen LogP contribution is 2.34. The van der Waals surface area contributed by atoms with Crippen molar-refractivity contribution in [2.75, 3.05) is 50.5 Å². The number of para-hydroxylation sites is 1. The largest absolute Gasteiger partial charge is 0.493 e. The Morgan fingerprint density at radius 1 is 1.05 bits per heavy atom. The van der Waals surface area contributed by atoms with Crippen molar-refractivity contribution in [2.24, 2.45) is 4.99 Å². The normalized spacial score (nSPS) is 14.3. The Hall–Kier alpha value is -3.92. The molecule has 1 saturated heterocycles. The third-order valence-corrected chi connectivity index (χ3v) is 6.53. The lowest BCUT2D eigenvalue weighted by Gasteiger charge is -2.20. The SMILES string of the molecule is COc1cc2c(NC(=NCC(=O)OC(C)(C)C)Nc3c(C)cccc3C)ncnc2cc1OCCN1CCCC1. The number of carbonyl (C=O) groups is 1. The Morgan fingerprint density at radius 2 is 1.77 bits per heavy atom. The zero-order valence-corrected chi connectivity index (χ0v) is 24.3. The van der Waals surface area contributed by atoms with Crippen LogP contribution >= 0.6 is 0 Å². The first-order valence-electron chi connectivity index (χ1n) is 13.7. The van der Waals surface area contributed by atoms with Gasteiger partial charge in [-0.2, -0.15) is 0 Å². The van der Waals surface area contributed by atoms with Crippen LogP contribution in [0.5, 0.6) is 11.5 Å². The first-order chi connectivity index (χ1) is 19.1. The number of ether oxygens (including phenoxy) is 3. The predicted molar refractivity (Wildman–Crippen MR) is 159 cm³/mol. The highest BCUT2D eigenvalue weighted by molar-refractivity contribution is 6.08. The number of nitrogens with one attached hydrogen (secondary N) is 2. The summed E-state index contributed by atoms with van der Waals surface area (Å²) in [6, 6.07) is 9.73. The molecule has 0 atom stereocenters. The van der Waals surface area contributed by atoms with Crippen molar-refractivity contribution >= 4 is 34.3 Å². The Kier molecular flexibility index (Phi) is 9.42. The Balaban J connectivity index is 1.61. The number of benzene rings is 2. The van der Waals surface area contributed by atoms with Crippen molar-refractivity contribution in [3.05, 3.63) is 47.8 Å². The van der Waals surface area contributed by atoms with E-state index in [1.807, 2.05) is 65.0 Å². The molecule has 0 aliphatic carbocycles. The monoisotopic (exact) mass is 548 g/mol. The number of likely N-dealkylation sites (tertiary alicyclic amines) is 1. The van der Waals surface area contributed by atoms with Crippen LogP contribution < -0.4 is 20.1 Å². The minimum Gasteiger partial charge on any atom is -0.493 e. The fourth-order valence-electron chi connectivity index (χ4n) is 4.60. The molecule has 4 rings (SSSR count). The maximum atomic E-state index is 12.5. The van der Waals surface area contributed by atoms with Crippen LogP contribution in [0.2, 0.25) is 0 Å². The lowest BCUT2D eigenvalue weighted by atomic mass is 10.1. The number of guanidine groups is 1. The van der Waals surface area contributed by atoms with Crippen LogP contribution in [0.25, 0.3) is 10.9 Å². The van der Waals surface area contributed by atoms with Gasteiger partial charge in [0, 0.05) is 23.7 Å². The summed E-state index contributed by atoms with van der Waals surface area (Å²) in [5, 5.41) is 7.34. The first kappa shape index (κ1) is 29.1. The molecule has 1 fully saturated rings. The van der Waals surface area contributed by atoms with Gasteiger partial charge in [-0.15, -0.1) is 0 Å². The van der Waals surface area contributed by atoms with Crippen molar-refractivity contribution in [3.8, 4) is 11.5 Å². The summed E-state index contributed by atoms with van der Waals surface area (Å²) < 4.78 is 17.2. The van der Waals surface area contributed by atoms with Crippen LogP contribution in [-0.4, -0.2) is 72.3 Å². The summed E-state index contributed by atoms with van der Waals surface area (Å²) >= 11 is 0. The summed E-state index contributed by atoms with van der Waals surface area (Å²) in [6.45, 7) is 13.0. The van der Waals surface area contributed by atoms with Crippen LogP contribution in [0.15, 0.2) is 41.7 Å². The standard InChI is InChI=1S/C30H40N6O4/c1-20-10-9-11-21(2)27(20)34-29(31-18-26(37)40-30(3,4)5)35-28-22-16-24(38-6)25(17-23(22)32-19-33-28)39-15-14-36-12-7-8-13-36/h9-11,16-17,19H,7-8,12-15,18H2,1-6H3,(H2,31,32,33,34,35). The summed E-state index contributed by atoms with van der Waals surface area (Å²) in [7, 11) is 1.61. The Morgan fingerprint density at radius 3 is 2.45 bits per heavy atom. The molecule has 0 saturated carbocycles. The highest BCUT2D eigenvalue weighted by atomic mass is 16.6. The van der Waals surface area contributed by atoms with Crippen molar-refractivity contribution in [3.63, 3.8) is 0 Å². The van der Waals surface area contributed by atoms with Crippen LogP contribution in [0, 0.1) is 13.8 Å². The molecule has 2 N–H and O–H groups in total. The number of anilines is 2. The van der Waals surface area contributed by atoms with E-state index in [9.17, 15) is 4.79 Å². The lowest BCUT2D eigenvalue weighted by molar-refractivity contribution is -0.152. The number of aromatic nitrogens is 2. The molecule has 1 aromatic heterocycles. The van der Waals surface area contributed by atoms with Gasteiger partial charge in [-0.3, -0.25) is 9.69 Å². The Labute approximate surface area is 236 Å². The van der Waals surface area contributed by atoms with Gasteiger partial charge in [0.15, 0.2) is 11.5 Å². The molecule has 1 aliphatic heterocycles. The van der Waals surface area contributed by atoms with Gasteiger partial charge in [-0.05, 0) is 77.7 Å². The number of aryl methyl sites for hydroxylation is 2. The van der Waals surface area contributed by atoms with E-state index in [1.54, 1.807) is 7.11 Å². The summed E-state index contributed by atoms with van der Waals surface area (Å²) in [6.07, 6.45) is 3.97. The maximum absolute atomic E-state index is 12.5. The van der Waals surface area contributed by atoms with E-state index in [1.165, 1.54) is 19.2 Å². The zero-order valence-electron chi connectivity index (χ0n) is 24.3. The smallest absolute Gasteiger partial charge is 0.328 e. The second-order valence-corrected chi connectivity index (χ2v) is 10.9. The summed E-state index contributed by atoms with van der Waals surface area (Å²) in [4.78, 5) is 28.3. The second kappa shape index (κ2) is 13.0. The van der Waals surface area contributed by atoms with Gasteiger partial charge in [-0.25, -0.2) is 15.0 Å². The van der Waals surface area contributed by atoms with Gasteiger partial charge < -0.3 is 24.8 Å². The van der Waals surface area contributed by atoms with E-state index in [2.05, 4.69) is 30.5 Å². The van der Waals surface area contributed by atoms with E-state index in [4.69, 9.17) is 14.2 Å². The fourth-order valence-corrected chi connectivity index (χ4v) is 4.60. The molecule has 0 amide bonds. The molecule has 0 spiro atoms. The summed E-state index contributed by atoms with van der Waals surface area (Å²) in [5.41, 5.74) is 3.05. The molecular weight excluding hydrogens is 508 g/mol. The molecule has 10 nitrogen and oxygen atoms in total.